The second-order valence-electron chi connectivity index (χ2n) is 31.1. The van der Waals surface area contributed by atoms with Crippen LogP contribution in [0, 0.1) is 17.8 Å². The fourth-order valence-corrected chi connectivity index (χ4v) is 14.4. The number of esters is 4. The minimum Gasteiger partial charge on any atom is -0.462 e. The first-order valence-electron chi connectivity index (χ1n) is 42.9. The van der Waals surface area contributed by atoms with Crippen LogP contribution in [0.4, 0.5) is 0 Å². The number of unbranched alkanes of at least 4 members (excludes halogenated alkanes) is 48. The van der Waals surface area contributed by atoms with Crippen molar-refractivity contribution in [1.29, 1.82) is 0 Å². The average molecular weight is 1490 g/mol. The molecule has 19 heteroatoms. The second-order valence-corrected chi connectivity index (χ2v) is 34.0. The smallest absolute Gasteiger partial charge is 0.462 e. The zero-order chi connectivity index (χ0) is 75.1. The molecule has 0 aromatic heterocycles. The molecule has 6 atom stereocenters. The quantitative estimate of drug-likeness (QED) is 0.0222. The predicted octanol–water partition coefficient (Wildman–Crippen LogP) is 24.9. The molecule has 606 valence electrons. The number of ether oxygens (including phenoxy) is 4. The Labute approximate surface area is 626 Å². The summed E-state index contributed by atoms with van der Waals surface area (Å²) in [5, 5.41) is 10.6. The van der Waals surface area contributed by atoms with E-state index in [4.69, 9.17) is 37.0 Å². The van der Waals surface area contributed by atoms with Crippen LogP contribution in [0.2, 0.25) is 0 Å². The van der Waals surface area contributed by atoms with Gasteiger partial charge in [0.05, 0.1) is 26.4 Å². The van der Waals surface area contributed by atoms with Crippen molar-refractivity contribution in [3.63, 3.8) is 0 Å². The van der Waals surface area contributed by atoms with E-state index in [1.807, 2.05) is 0 Å². The molecule has 17 nitrogen and oxygen atoms in total. The molecule has 0 amide bonds. The fourth-order valence-electron chi connectivity index (χ4n) is 12.8. The number of aliphatic hydroxyl groups is 1. The minimum atomic E-state index is -4.96. The highest BCUT2D eigenvalue weighted by Gasteiger charge is 2.30. The number of hydrogen-bond acceptors (Lipinski definition) is 15. The van der Waals surface area contributed by atoms with Crippen LogP contribution in [0.25, 0.3) is 0 Å². The van der Waals surface area contributed by atoms with E-state index < -0.39 is 97.5 Å². The highest BCUT2D eigenvalue weighted by Crippen LogP contribution is 2.45. The lowest BCUT2D eigenvalue weighted by Crippen LogP contribution is -2.30. The van der Waals surface area contributed by atoms with Crippen LogP contribution in [-0.2, 0) is 65.4 Å². The van der Waals surface area contributed by atoms with E-state index in [1.165, 1.54) is 238 Å². The number of phosphoric acid groups is 2. The summed E-state index contributed by atoms with van der Waals surface area (Å²) in [7, 11) is -9.92. The molecule has 0 rings (SSSR count). The Balaban J connectivity index is 5.22. The Kier molecular flexibility index (Phi) is 71.8. The maximum Gasteiger partial charge on any atom is 0.472 e. The van der Waals surface area contributed by atoms with Gasteiger partial charge in [-0.25, -0.2) is 9.13 Å². The van der Waals surface area contributed by atoms with E-state index >= 15 is 0 Å². The van der Waals surface area contributed by atoms with Gasteiger partial charge in [-0.1, -0.05) is 382 Å². The lowest BCUT2D eigenvalue weighted by molar-refractivity contribution is -0.161. The van der Waals surface area contributed by atoms with Crippen LogP contribution in [0.15, 0.2) is 0 Å². The molecule has 0 aliphatic rings. The van der Waals surface area contributed by atoms with Crippen LogP contribution in [0.1, 0.15) is 434 Å². The van der Waals surface area contributed by atoms with Crippen LogP contribution in [0.5, 0.6) is 0 Å². The molecule has 0 aromatic rings. The topological polar surface area (TPSA) is 237 Å². The van der Waals surface area contributed by atoms with Gasteiger partial charge < -0.3 is 33.8 Å². The lowest BCUT2D eigenvalue weighted by atomic mass is 9.99. The van der Waals surface area contributed by atoms with Crippen molar-refractivity contribution in [2.24, 2.45) is 17.8 Å². The van der Waals surface area contributed by atoms with Gasteiger partial charge in [0, 0.05) is 25.7 Å². The van der Waals surface area contributed by atoms with E-state index in [2.05, 4.69) is 48.5 Å². The third-order valence-electron chi connectivity index (χ3n) is 19.7. The van der Waals surface area contributed by atoms with Gasteiger partial charge in [-0.2, -0.15) is 0 Å². The van der Waals surface area contributed by atoms with Crippen molar-refractivity contribution >= 4 is 39.5 Å². The summed E-state index contributed by atoms with van der Waals surface area (Å²) in [4.78, 5) is 73.0. The van der Waals surface area contributed by atoms with Crippen LogP contribution in [0.3, 0.4) is 0 Å². The van der Waals surface area contributed by atoms with E-state index in [9.17, 15) is 43.2 Å². The molecule has 3 unspecified atom stereocenters. The lowest BCUT2D eigenvalue weighted by Gasteiger charge is -2.21. The van der Waals surface area contributed by atoms with Gasteiger partial charge in [0.1, 0.15) is 19.3 Å². The molecule has 0 fully saturated rings. The minimum absolute atomic E-state index is 0.105. The zero-order valence-electron chi connectivity index (χ0n) is 67.1. The Morgan fingerprint density at radius 3 is 0.745 bits per heavy atom. The third-order valence-corrected chi connectivity index (χ3v) is 21.6. The molecule has 0 aliphatic heterocycles. The van der Waals surface area contributed by atoms with Gasteiger partial charge >= 0.3 is 39.5 Å². The van der Waals surface area contributed by atoms with Gasteiger partial charge in [-0.15, -0.1) is 0 Å². The molecule has 0 saturated carbocycles. The summed E-state index contributed by atoms with van der Waals surface area (Å²) in [6.07, 6.45) is 62.7. The largest absolute Gasteiger partial charge is 0.472 e. The van der Waals surface area contributed by atoms with Gasteiger partial charge in [0.15, 0.2) is 12.2 Å². The Hall–Kier alpha value is -1.94. The van der Waals surface area contributed by atoms with Gasteiger partial charge in [-0.3, -0.25) is 37.3 Å². The van der Waals surface area contributed by atoms with Crippen molar-refractivity contribution < 1.29 is 80.2 Å². The second kappa shape index (κ2) is 73.2. The number of carbonyl (C=O) groups excluding carboxylic acids is 4. The summed E-state index contributed by atoms with van der Waals surface area (Å²) < 4.78 is 68.7. The first-order chi connectivity index (χ1) is 49.3. The number of carbonyl (C=O) groups is 4. The molecule has 0 spiro atoms. The monoisotopic (exact) mass is 1490 g/mol. The number of phosphoric ester groups is 2. The molecule has 0 aliphatic carbocycles. The van der Waals surface area contributed by atoms with Crippen molar-refractivity contribution in [2.45, 2.75) is 452 Å². The summed E-state index contributed by atoms with van der Waals surface area (Å²) in [6, 6.07) is 0. The fraction of sp³-hybridized carbons (Fsp3) is 0.952. The summed E-state index contributed by atoms with van der Waals surface area (Å²) in [5.41, 5.74) is 0. The van der Waals surface area contributed by atoms with Gasteiger partial charge in [-0.05, 0) is 43.4 Å². The van der Waals surface area contributed by atoms with E-state index in [-0.39, 0.29) is 25.7 Å². The van der Waals surface area contributed by atoms with Crippen LogP contribution >= 0.6 is 15.6 Å². The third kappa shape index (κ3) is 74.9. The molecular weight excluding hydrogens is 1330 g/mol. The number of aliphatic hydroxyl groups excluding tert-OH is 1. The SMILES string of the molecule is CCCCCCCCCCCCCCCCCCCCCCC(=O)O[C@H](COC(=O)CCCCCCCCCCCCCCCCCCC(C)C)COP(=O)(O)OC[C@@H](O)COP(=O)(O)OC[C@@H](COC(=O)CCCCCCCCC(C)C)OC(=O)CCCCCCCCCCCCC(C)CC. The molecule has 0 aromatic carbocycles. The average Bonchev–Trinajstić information content (AvgIpc) is 0.926. The molecule has 0 radical (unpaired) electrons. The molecule has 0 saturated heterocycles. The molecular formula is C83H162O17P2. The highest BCUT2D eigenvalue weighted by atomic mass is 31.2. The summed E-state index contributed by atoms with van der Waals surface area (Å²) in [6.45, 7) is 11.9. The highest BCUT2D eigenvalue weighted by molar-refractivity contribution is 7.47. The Bertz CT molecular complexity index is 1980. The van der Waals surface area contributed by atoms with Crippen molar-refractivity contribution in [3.8, 4) is 0 Å². The molecule has 0 heterocycles. The summed E-state index contributed by atoms with van der Waals surface area (Å²) in [5.74, 6) is 0.183. The normalized spacial score (nSPS) is 14.2. The van der Waals surface area contributed by atoms with E-state index in [0.717, 1.165) is 108 Å². The predicted molar refractivity (Wildman–Crippen MR) is 418 cm³/mol. The Morgan fingerprint density at radius 2 is 0.500 bits per heavy atom. The summed E-state index contributed by atoms with van der Waals surface area (Å²) >= 11 is 0. The van der Waals surface area contributed by atoms with Gasteiger partial charge in [0.25, 0.3) is 0 Å². The maximum absolute atomic E-state index is 13.1. The first kappa shape index (κ1) is 100. The van der Waals surface area contributed by atoms with E-state index in [0.29, 0.717) is 31.6 Å². The van der Waals surface area contributed by atoms with Crippen molar-refractivity contribution in [1.82, 2.24) is 0 Å². The van der Waals surface area contributed by atoms with Crippen LogP contribution < -0.4 is 0 Å². The van der Waals surface area contributed by atoms with Gasteiger partial charge in [0.2, 0.25) is 0 Å². The van der Waals surface area contributed by atoms with Crippen molar-refractivity contribution in [3.05, 3.63) is 0 Å². The van der Waals surface area contributed by atoms with E-state index in [1.54, 1.807) is 0 Å². The Morgan fingerprint density at radius 1 is 0.284 bits per heavy atom. The molecule has 3 N–H and O–H groups in total. The number of hydrogen-bond donors (Lipinski definition) is 3. The number of rotatable bonds is 81. The maximum atomic E-state index is 13.1. The molecule has 0 bridgehead atoms. The van der Waals surface area contributed by atoms with Crippen LogP contribution in [-0.4, -0.2) is 96.7 Å². The molecule has 102 heavy (non-hydrogen) atoms. The first-order valence-corrected chi connectivity index (χ1v) is 45.9. The standard InChI is InChI=1S/C83H162O17P2/c1-8-10-11-12-13-14-15-16-17-18-19-20-21-26-29-32-38-43-52-59-66-82(87)99-78(70-93-80(85)64-57-50-42-37-31-28-25-23-22-24-27-30-35-40-47-54-61-74(3)4)72-97-101(89,90)95-68-77(84)69-96-102(91,92)98-73-79(71-94-81(86)65-58-51-46-45-48-55-62-75(5)6)100-83(88)67-60-53-44-39-34-33-36-41-49-56-63-76(7)9-2/h74-79,84H,8-73H2,1-7H3,(H,89,90)(H,91,92)/t76?,77-,78-,79-/m1/s1. The van der Waals surface area contributed by atoms with Crippen molar-refractivity contribution in [2.75, 3.05) is 39.6 Å². The zero-order valence-corrected chi connectivity index (χ0v) is 68.9.